The first-order valence-corrected chi connectivity index (χ1v) is 23.5. The van der Waals surface area contributed by atoms with E-state index in [1.54, 1.807) is 22.7 Å². The topological polar surface area (TPSA) is 119 Å². The molecule has 1 unspecified atom stereocenters. The van der Waals surface area contributed by atoms with Crippen LogP contribution in [0.25, 0.3) is 10.8 Å². The van der Waals surface area contributed by atoms with Gasteiger partial charge in [0.1, 0.15) is 23.3 Å². The van der Waals surface area contributed by atoms with Gasteiger partial charge in [0.2, 0.25) is 12.1 Å². The zero-order valence-corrected chi connectivity index (χ0v) is 36.8. The van der Waals surface area contributed by atoms with Crippen LogP contribution >= 0.6 is 11.8 Å². The van der Waals surface area contributed by atoms with Gasteiger partial charge in [-0.05, 0) is 128 Å². The largest absolute Gasteiger partial charge is 0.459 e. The number of rotatable bonds is 18. The molecule has 0 radical (unpaired) electrons. The average molecular weight is 861 g/mol. The van der Waals surface area contributed by atoms with Gasteiger partial charge >= 0.3 is 0 Å². The van der Waals surface area contributed by atoms with E-state index in [1.165, 1.54) is 0 Å². The van der Waals surface area contributed by atoms with Crippen molar-refractivity contribution in [1.82, 2.24) is 4.90 Å². The van der Waals surface area contributed by atoms with Crippen molar-refractivity contribution in [1.29, 1.82) is 0 Å². The van der Waals surface area contributed by atoms with Gasteiger partial charge in [0.15, 0.2) is 0 Å². The third-order valence-corrected chi connectivity index (χ3v) is 13.9. The van der Waals surface area contributed by atoms with Crippen molar-refractivity contribution in [3.05, 3.63) is 120 Å². The number of aliphatic hydroxyl groups excluding tert-OH is 2. The molecular formula is C51H60N2O8S. The Kier molecular flexibility index (Phi) is 14.4. The molecule has 2 heterocycles. The third-order valence-electron chi connectivity index (χ3n) is 13.1. The van der Waals surface area contributed by atoms with E-state index in [-0.39, 0.29) is 43.5 Å². The van der Waals surface area contributed by atoms with Gasteiger partial charge in [-0.1, -0.05) is 60.5 Å². The number of benzene rings is 4. The maximum atomic E-state index is 14.9. The molecule has 2 N–H and O–H groups in total. The van der Waals surface area contributed by atoms with E-state index in [1.807, 2.05) is 73.8 Å². The summed E-state index contributed by atoms with van der Waals surface area (Å²) in [5, 5.41) is 26.9. The summed E-state index contributed by atoms with van der Waals surface area (Å²) in [7, 11) is 1.84. The van der Waals surface area contributed by atoms with E-state index in [0.29, 0.717) is 42.9 Å². The van der Waals surface area contributed by atoms with Crippen LogP contribution in [0, 0.1) is 17.8 Å². The minimum Gasteiger partial charge on any atom is -0.459 e. The molecule has 1 saturated heterocycles. The van der Waals surface area contributed by atoms with Gasteiger partial charge in [-0.3, -0.25) is 4.79 Å². The second-order valence-corrected chi connectivity index (χ2v) is 17.8. The minimum atomic E-state index is -1.36. The molecule has 328 valence electrons. The summed E-state index contributed by atoms with van der Waals surface area (Å²) in [4.78, 5) is 24.1. The maximum Gasteiger partial charge on any atom is 0.254 e. The Bertz CT molecular complexity index is 2240. The van der Waals surface area contributed by atoms with Crippen molar-refractivity contribution < 1.29 is 38.8 Å². The Morgan fingerprint density at radius 2 is 1.73 bits per heavy atom. The lowest BCUT2D eigenvalue weighted by molar-refractivity contribution is -0.252. The summed E-state index contributed by atoms with van der Waals surface area (Å²) in [6, 6.07) is 27.3. The normalized spacial score (nSPS) is 25.9. The van der Waals surface area contributed by atoms with E-state index < -0.39 is 24.0 Å². The van der Waals surface area contributed by atoms with Crippen molar-refractivity contribution in [2.45, 2.75) is 93.1 Å². The SMILES string of the molecule is C=CCO[C@@]12Oc3ccc(Oc4ccc(SC)cc4)cc3[C@H]3[C@H](CCCCO)[C@@H](CCCCO)C=C(C(=NOC4CCCCO4)C[C@@H]1N(C)C(=O)c1ccc4ccccc4c1)[C@H]32. The zero-order valence-electron chi connectivity index (χ0n) is 36.0. The standard InChI is InChI=1S/C51H60N2O8S/c1-4-28-58-51-46(53(2)50(56)37-19-18-34-13-5-6-14-35(34)30-37)33-44(52-61-47-17-9-12-29-57-47)42-31-36(15-7-10-26-54)41(16-8-11-27-55)48(49(42)51)43-32-39(22-25-45(43)60-51)59-38-20-23-40(62-3)24-21-38/h4-6,13-14,18-25,30-32,36,41,46-49,54-55H,1,7-12,15-17,26-29,33H2,2-3H3/t36-,41+,46-,47?,48+,49+,51+/m0/s1. The number of ether oxygens (including phenoxy) is 4. The number of carbonyl (C=O) groups is 1. The number of amides is 1. The predicted octanol–water partition coefficient (Wildman–Crippen LogP) is 10.3. The molecule has 62 heavy (non-hydrogen) atoms. The number of nitrogens with zero attached hydrogens (tertiary/aromatic N) is 2. The number of oxime groups is 1. The quantitative estimate of drug-likeness (QED) is 0.0436. The lowest BCUT2D eigenvalue weighted by Gasteiger charge is -2.59. The molecule has 2 fully saturated rings. The first-order chi connectivity index (χ1) is 30.4. The Labute approximate surface area is 369 Å². The smallest absolute Gasteiger partial charge is 0.254 e. The highest BCUT2D eigenvalue weighted by atomic mass is 32.2. The van der Waals surface area contributed by atoms with Crippen molar-refractivity contribution in [3.63, 3.8) is 0 Å². The summed E-state index contributed by atoms with van der Waals surface area (Å²) in [5.41, 5.74) is 3.28. The molecule has 1 amide bonds. The second kappa shape index (κ2) is 20.2. The van der Waals surface area contributed by atoms with Gasteiger partial charge < -0.3 is 38.9 Å². The average Bonchev–Trinajstić information content (AvgIpc) is 3.31. The summed E-state index contributed by atoms with van der Waals surface area (Å²) in [6.45, 7) is 5.09. The molecule has 4 aromatic carbocycles. The Hall–Kier alpha value is -4.65. The molecule has 4 aliphatic rings. The maximum absolute atomic E-state index is 14.9. The van der Waals surface area contributed by atoms with E-state index in [9.17, 15) is 15.0 Å². The van der Waals surface area contributed by atoms with Crippen LogP contribution in [0.2, 0.25) is 0 Å². The van der Waals surface area contributed by atoms with E-state index in [2.05, 4.69) is 37.1 Å². The van der Waals surface area contributed by atoms with E-state index in [0.717, 1.165) is 83.2 Å². The number of unbranched alkanes of at least 4 members (excludes halogenated alkanes) is 2. The molecular weight excluding hydrogens is 801 g/mol. The fraction of sp³-hybridized carbons (Fsp3) is 0.451. The van der Waals surface area contributed by atoms with Crippen LogP contribution < -0.4 is 9.47 Å². The first-order valence-electron chi connectivity index (χ1n) is 22.3. The summed E-state index contributed by atoms with van der Waals surface area (Å²) >= 11 is 1.68. The highest BCUT2D eigenvalue weighted by Crippen LogP contribution is 2.62. The van der Waals surface area contributed by atoms with Crippen LogP contribution in [-0.4, -0.2) is 84.6 Å². The fourth-order valence-electron chi connectivity index (χ4n) is 10.2. The van der Waals surface area contributed by atoms with Crippen LogP contribution in [0.1, 0.15) is 86.0 Å². The van der Waals surface area contributed by atoms with Gasteiger partial charge in [0.25, 0.3) is 5.91 Å². The molecule has 0 aromatic heterocycles. The third kappa shape index (κ3) is 9.19. The van der Waals surface area contributed by atoms with Gasteiger partial charge in [0.05, 0.1) is 24.8 Å². The Morgan fingerprint density at radius 3 is 2.47 bits per heavy atom. The zero-order chi connectivity index (χ0) is 43.1. The molecule has 2 aliphatic heterocycles. The van der Waals surface area contributed by atoms with Gasteiger partial charge in [-0.15, -0.1) is 18.3 Å². The Balaban J connectivity index is 1.30. The van der Waals surface area contributed by atoms with Gasteiger partial charge in [0, 0.05) is 55.0 Å². The minimum absolute atomic E-state index is 0.0866. The van der Waals surface area contributed by atoms with Crippen molar-refractivity contribution >= 4 is 34.2 Å². The summed E-state index contributed by atoms with van der Waals surface area (Å²) < 4.78 is 27.0. The molecule has 7 atom stereocenters. The van der Waals surface area contributed by atoms with Crippen LogP contribution in [-0.2, 0) is 14.3 Å². The molecule has 11 heteroatoms. The summed E-state index contributed by atoms with van der Waals surface area (Å²) in [5.74, 6) is 0.158. The van der Waals surface area contributed by atoms with Crippen LogP contribution in [0.15, 0.2) is 119 Å². The van der Waals surface area contributed by atoms with Crippen molar-refractivity contribution in [2.75, 3.05) is 39.7 Å². The number of aliphatic hydroxyl groups is 2. The monoisotopic (exact) mass is 860 g/mol. The van der Waals surface area contributed by atoms with E-state index in [4.69, 9.17) is 28.9 Å². The number of thioether (sulfide) groups is 1. The molecule has 8 rings (SSSR count). The van der Waals surface area contributed by atoms with Crippen LogP contribution in [0.5, 0.6) is 17.2 Å². The second-order valence-electron chi connectivity index (χ2n) is 16.9. The number of hydrogen-bond donors (Lipinski definition) is 2. The van der Waals surface area contributed by atoms with Gasteiger partial charge in [-0.25, -0.2) is 0 Å². The fourth-order valence-corrected chi connectivity index (χ4v) is 10.6. The van der Waals surface area contributed by atoms with Gasteiger partial charge in [-0.2, -0.15) is 0 Å². The highest BCUT2D eigenvalue weighted by molar-refractivity contribution is 7.98. The van der Waals surface area contributed by atoms with Crippen molar-refractivity contribution in [2.24, 2.45) is 22.9 Å². The lowest BCUT2D eigenvalue weighted by Crippen LogP contribution is -2.69. The molecule has 1 saturated carbocycles. The molecule has 4 aromatic rings. The summed E-state index contributed by atoms with van der Waals surface area (Å²) in [6.07, 6.45) is 13.5. The number of carbonyl (C=O) groups excluding carboxylic acids is 1. The molecule has 2 aliphatic carbocycles. The number of allylic oxidation sites excluding steroid dienone is 1. The number of hydrogen-bond acceptors (Lipinski definition) is 10. The van der Waals surface area contributed by atoms with E-state index >= 15 is 0 Å². The lowest BCUT2D eigenvalue weighted by atomic mass is 9.55. The number of likely N-dealkylation sites (N-methyl/N-ethyl adjacent to an activating group) is 1. The van der Waals surface area contributed by atoms with Crippen LogP contribution in [0.3, 0.4) is 0 Å². The highest BCUT2D eigenvalue weighted by Gasteiger charge is 2.65. The van der Waals surface area contributed by atoms with Crippen molar-refractivity contribution in [3.8, 4) is 17.2 Å². The molecule has 10 nitrogen and oxygen atoms in total. The molecule has 0 bridgehead atoms. The number of fused-ring (bicyclic) bond motifs is 3. The predicted molar refractivity (Wildman–Crippen MR) is 244 cm³/mol. The molecule has 0 spiro atoms. The van der Waals surface area contributed by atoms with Crippen LogP contribution in [0.4, 0.5) is 0 Å². The first kappa shape index (κ1) is 44.0. The Morgan fingerprint density at radius 1 is 0.952 bits per heavy atom.